The summed E-state index contributed by atoms with van der Waals surface area (Å²) in [6.07, 6.45) is 2.12. The van der Waals surface area contributed by atoms with Crippen LogP contribution in [0.1, 0.15) is 17.3 Å². The number of nitrogens with one attached hydrogen (secondary N) is 1. The number of benzene rings is 1. The minimum Gasteiger partial charge on any atom is -0.366 e. The molecule has 20 heavy (non-hydrogen) atoms. The van der Waals surface area contributed by atoms with Gasteiger partial charge >= 0.3 is 0 Å². The second-order valence-electron chi connectivity index (χ2n) is 4.83. The first kappa shape index (κ1) is 13.5. The Balaban J connectivity index is 2.06. The van der Waals surface area contributed by atoms with E-state index < -0.39 is 0 Å². The number of thiocarbonyl (C=S) groups is 1. The van der Waals surface area contributed by atoms with Gasteiger partial charge in [-0.1, -0.05) is 23.7 Å². The molecule has 0 spiro atoms. The lowest BCUT2D eigenvalue weighted by atomic mass is 10.0. The molecule has 5 heteroatoms. The quantitative estimate of drug-likeness (QED) is 0.818. The predicted octanol–water partition coefficient (Wildman–Crippen LogP) is 3.05. The van der Waals surface area contributed by atoms with Gasteiger partial charge in [0.1, 0.15) is 0 Å². The summed E-state index contributed by atoms with van der Waals surface area (Å²) in [7, 11) is 1.87. The molecule has 0 saturated heterocycles. The van der Waals surface area contributed by atoms with Gasteiger partial charge in [0, 0.05) is 37.1 Å². The Labute approximate surface area is 129 Å². The third-order valence-electron chi connectivity index (χ3n) is 3.70. The highest BCUT2D eigenvalue weighted by Crippen LogP contribution is 2.32. The summed E-state index contributed by atoms with van der Waals surface area (Å²) in [5.74, 6) is 0. The number of hydrogen-bond donors (Lipinski definition) is 1. The smallest absolute Gasteiger partial charge is 0.169 e. The van der Waals surface area contributed by atoms with Crippen molar-refractivity contribution in [1.29, 1.82) is 0 Å². The third-order valence-corrected chi connectivity index (χ3v) is 4.39. The molecule has 0 fully saturated rings. The van der Waals surface area contributed by atoms with Crippen molar-refractivity contribution in [2.24, 2.45) is 0 Å². The average Bonchev–Trinajstić information content (AvgIpc) is 2.95. The number of nitrogens with zero attached hydrogens (tertiary/aromatic N) is 2. The van der Waals surface area contributed by atoms with Crippen molar-refractivity contribution in [2.45, 2.75) is 12.6 Å². The Morgan fingerprint density at radius 3 is 2.70 bits per heavy atom. The minimum atomic E-state index is 0.135. The molecule has 3 rings (SSSR count). The van der Waals surface area contributed by atoms with E-state index in [1.54, 1.807) is 0 Å². The lowest BCUT2D eigenvalue weighted by Crippen LogP contribution is -2.46. The maximum Gasteiger partial charge on any atom is 0.169 e. The molecule has 0 aliphatic carbocycles. The van der Waals surface area contributed by atoms with E-state index in [0.29, 0.717) is 0 Å². The summed E-state index contributed by atoms with van der Waals surface area (Å²) in [4.78, 5) is 2.23. The third kappa shape index (κ3) is 2.30. The van der Waals surface area contributed by atoms with Crippen LogP contribution in [0, 0.1) is 0 Å². The van der Waals surface area contributed by atoms with Gasteiger partial charge in [0.05, 0.1) is 6.04 Å². The Morgan fingerprint density at radius 1 is 1.25 bits per heavy atom. The SMILES string of the molecule is CNC(=S)N1CCn2cccc2[C@@H]1c1ccc(Cl)cc1. The molecule has 1 N–H and O–H groups in total. The van der Waals surface area contributed by atoms with Crippen LogP contribution in [0.15, 0.2) is 42.6 Å². The summed E-state index contributed by atoms with van der Waals surface area (Å²) in [5.41, 5.74) is 2.46. The van der Waals surface area contributed by atoms with Crippen molar-refractivity contribution in [1.82, 2.24) is 14.8 Å². The molecule has 1 aliphatic rings. The van der Waals surface area contributed by atoms with E-state index in [0.717, 1.165) is 23.2 Å². The van der Waals surface area contributed by atoms with Crippen LogP contribution in [0.4, 0.5) is 0 Å². The second kappa shape index (κ2) is 5.46. The highest BCUT2D eigenvalue weighted by Gasteiger charge is 2.29. The van der Waals surface area contributed by atoms with Crippen molar-refractivity contribution in [3.8, 4) is 0 Å². The van der Waals surface area contributed by atoms with Crippen LogP contribution in [-0.2, 0) is 6.54 Å². The van der Waals surface area contributed by atoms with Gasteiger partial charge in [0.15, 0.2) is 5.11 Å². The first-order valence-corrected chi connectivity index (χ1v) is 7.38. The van der Waals surface area contributed by atoms with E-state index in [-0.39, 0.29) is 6.04 Å². The maximum atomic E-state index is 6.00. The molecular weight excluding hydrogens is 290 g/mol. The van der Waals surface area contributed by atoms with Crippen LogP contribution in [0.2, 0.25) is 5.02 Å². The normalized spacial score (nSPS) is 17.7. The van der Waals surface area contributed by atoms with Crippen molar-refractivity contribution < 1.29 is 0 Å². The zero-order chi connectivity index (χ0) is 14.1. The Bertz CT molecular complexity index is 620. The summed E-state index contributed by atoms with van der Waals surface area (Å²) in [6.45, 7) is 1.85. The molecule has 0 radical (unpaired) electrons. The average molecular weight is 306 g/mol. The molecule has 0 saturated carbocycles. The lowest BCUT2D eigenvalue weighted by Gasteiger charge is -2.38. The van der Waals surface area contributed by atoms with E-state index in [9.17, 15) is 0 Å². The van der Waals surface area contributed by atoms with Gasteiger partial charge in [-0.3, -0.25) is 0 Å². The summed E-state index contributed by atoms with van der Waals surface area (Å²) in [5, 5.41) is 4.62. The van der Waals surface area contributed by atoms with Crippen molar-refractivity contribution in [2.75, 3.05) is 13.6 Å². The second-order valence-corrected chi connectivity index (χ2v) is 5.65. The molecule has 0 amide bonds. The van der Waals surface area contributed by atoms with E-state index in [1.165, 1.54) is 11.3 Å². The number of fused-ring (bicyclic) bond motifs is 1. The van der Waals surface area contributed by atoms with Gasteiger partial charge in [-0.2, -0.15) is 0 Å². The number of hydrogen-bond acceptors (Lipinski definition) is 1. The highest BCUT2D eigenvalue weighted by molar-refractivity contribution is 7.80. The monoisotopic (exact) mass is 305 g/mol. The van der Waals surface area contributed by atoms with Crippen LogP contribution in [0.25, 0.3) is 0 Å². The van der Waals surface area contributed by atoms with Crippen LogP contribution in [0.5, 0.6) is 0 Å². The van der Waals surface area contributed by atoms with E-state index >= 15 is 0 Å². The van der Waals surface area contributed by atoms with Crippen molar-refractivity contribution in [3.63, 3.8) is 0 Å². The van der Waals surface area contributed by atoms with Gasteiger partial charge in [-0.05, 0) is 42.0 Å². The molecule has 0 unspecified atom stereocenters. The van der Waals surface area contributed by atoms with Crippen LogP contribution in [0.3, 0.4) is 0 Å². The van der Waals surface area contributed by atoms with Gasteiger partial charge < -0.3 is 14.8 Å². The fourth-order valence-electron chi connectivity index (χ4n) is 2.74. The Morgan fingerprint density at radius 2 is 2.00 bits per heavy atom. The van der Waals surface area contributed by atoms with Gasteiger partial charge in [0.2, 0.25) is 0 Å². The molecule has 104 valence electrons. The number of aromatic nitrogens is 1. The lowest BCUT2D eigenvalue weighted by molar-refractivity contribution is 0.287. The fraction of sp³-hybridized carbons (Fsp3) is 0.267. The van der Waals surface area contributed by atoms with Crippen LogP contribution < -0.4 is 5.32 Å². The number of halogens is 1. The molecule has 2 heterocycles. The zero-order valence-electron chi connectivity index (χ0n) is 11.2. The van der Waals surface area contributed by atoms with E-state index in [1.807, 2.05) is 19.2 Å². The molecule has 1 atom stereocenters. The van der Waals surface area contributed by atoms with Crippen molar-refractivity contribution in [3.05, 3.63) is 58.9 Å². The largest absolute Gasteiger partial charge is 0.366 e. The Hall–Kier alpha value is -1.52. The predicted molar refractivity (Wildman–Crippen MR) is 86.1 cm³/mol. The first-order valence-electron chi connectivity index (χ1n) is 6.59. The fourth-order valence-corrected chi connectivity index (χ4v) is 3.06. The van der Waals surface area contributed by atoms with Crippen molar-refractivity contribution >= 4 is 28.9 Å². The maximum absolute atomic E-state index is 6.00. The van der Waals surface area contributed by atoms with Crippen LogP contribution in [-0.4, -0.2) is 28.2 Å². The standard InChI is InChI=1S/C15H16ClN3S/c1-17-15(20)19-10-9-18-8-2-3-13(18)14(19)11-4-6-12(16)7-5-11/h2-8,14H,9-10H2,1H3,(H,17,20)/t14-/m0/s1. The van der Waals surface area contributed by atoms with Gasteiger partial charge in [-0.15, -0.1) is 0 Å². The van der Waals surface area contributed by atoms with E-state index in [2.05, 4.69) is 45.2 Å². The summed E-state index contributed by atoms with van der Waals surface area (Å²) in [6, 6.07) is 12.4. The molecule has 3 nitrogen and oxygen atoms in total. The summed E-state index contributed by atoms with van der Waals surface area (Å²) >= 11 is 11.5. The molecule has 1 aromatic carbocycles. The zero-order valence-corrected chi connectivity index (χ0v) is 12.8. The molecule has 1 aromatic heterocycles. The minimum absolute atomic E-state index is 0.135. The molecular formula is C15H16ClN3S. The van der Waals surface area contributed by atoms with Gasteiger partial charge in [0.25, 0.3) is 0 Å². The van der Waals surface area contributed by atoms with Gasteiger partial charge in [-0.25, -0.2) is 0 Å². The molecule has 1 aliphatic heterocycles. The Kier molecular flexibility index (Phi) is 3.68. The highest BCUT2D eigenvalue weighted by atomic mass is 35.5. The first-order chi connectivity index (χ1) is 9.70. The molecule has 2 aromatic rings. The summed E-state index contributed by atoms with van der Waals surface area (Å²) < 4.78 is 2.29. The number of rotatable bonds is 1. The topological polar surface area (TPSA) is 20.2 Å². The molecule has 0 bridgehead atoms. The van der Waals surface area contributed by atoms with E-state index in [4.69, 9.17) is 23.8 Å². The van der Waals surface area contributed by atoms with Crippen LogP contribution >= 0.6 is 23.8 Å².